The predicted octanol–water partition coefficient (Wildman–Crippen LogP) is 4.91. The van der Waals surface area contributed by atoms with Crippen molar-refractivity contribution in [2.75, 3.05) is 19.8 Å². The first kappa shape index (κ1) is 20.2. The van der Waals surface area contributed by atoms with Crippen molar-refractivity contribution in [1.29, 1.82) is 0 Å². The molecule has 2 nitrogen and oxygen atoms in total. The van der Waals surface area contributed by atoms with E-state index < -0.39 is 0 Å². The Morgan fingerprint density at radius 1 is 0.667 bits per heavy atom. The van der Waals surface area contributed by atoms with Gasteiger partial charge < -0.3 is 10.5 Å². The lowest BCUT2D eigenvalue weighted by molar-refractivity contribution is 0.143. The Bertz CT molecular complexity index is 114. The van der Waals surface area contributed by atoms with Gasteiger partial charge in [0, 0.05) is 13.2 Å². The first-order valence-corrected chi connectivity index (χ1v) is 7.69. The van der Waals surface area contributed by atoms with E-state index >= 15 is 0 Å². The molecule has 0 rings (SSSR count). The van der Waals surface area contributed by atoms with Crippen molar-refractivity contribution in [3.63, 3.8) is 0 Å². The van der Waals surface area contributed by atoms with Crippen LogP contribution in [0.3, 0.4) is 0 Å². The van der Waals surface area contributed by atoms with Crippen LogP contribution >= 0.6 is 0 Å². The first-order chi connectivity index (χ1) is 8.41. The molecule has 0 aromatic rings. The predicted molar refractivity (Wildman–Crippen MR) is 83.1 cm³/mol. The molecule has 0 fully saturated rings. The van der Waals surface area contributed by atoms with Gasteiger partial charge in [-0.1, -0.05) is 65.2 Å². The Labute approximate surface area is 116 Å². The van der Waals surface area contributed by atoms with Gasteiger partial charge in [0.05, 0.1) is 0 Å². The van der Waals surface area contributed by atoms with Gasteiger partial charge in [-0.3, -0.25) is 0 Å². The third-order valence-electron chi connectivity index (χ3n) is 3.20. The van der Waals surface area contributed by atoms with Gasteiger partial charge in [0.2, 0.25) is 0 Å². The van der Waals surface area contributed by atoms with E-state index in [2.05, 4.69) is 6.92 Å². The fraction of sp³-hybridized carbons (Fsp3) is 1.00. The third kappa shape index (κ3) is 18.3. The molecule has 0 heterocycles. The van der Waals surface area contributed by atoms with Gasteiger partial charge in [0.15, 0.2) is 0 Å². The third-order valence-corrected chi connectivity index (χ3v) is 3.20. The molecule has 0 aliphatic heterocycles. The monoisotopic (exact) mass is 259 g/mol. The SMILES string of the molecule is C.CCOCCCCCCCCCCCCCN. The summed E-state index contributed by atoms with van der Waals surface area (Å²) in [6, 6.07) is 0. The Morgan fingerprint density at radius 2 is 1.06 bits per heavy atom. The molecule has 2 heteroatoms. The van der Waals surface area contributed by atoms with Crippen LogP contribution < -0.4 is 5.73 Å². The maximum Gasteiger partial charge on any atom is 0.0465 e. The van der Waals surface area contributed by atoms with Crippen LogP contribution in [0.5, 0.6) is 0 Å². The minimum Gasteiger partial charge on any atom is -0.382 e. The van der Waals surface area contributed by atoms with E-state index in [-0.39, 0.29) is 7.43 Å². The minimum absolute atomic E-state index is 0. The molecule has 0 aliphatic rings. The highest BCUT2D eigenvalue weighted by atomic mass is 16.5. The minimum atomic E-state index is 0. The van der Waals surface area contributed by atoms with Crippen molar-refractivity contribution < 1.29 is 4.74 Å². The van der Waals surface area contributed by atoms with Crippen LogP contribution in [0.25, 0.3) is 0 Å². The van der Waals surface area contributed by atoms with Crippen molar-refractivity contribution in [2.45, 2.75) is 85.0 Å². The molecule has 0 radical (unpaired) electrons. The Balaban J connectivity index is 0. The fourth-order valence-electron chi connectivity index (χ4n) is 2.08. The van der Waals surface area contributed by atoms with Gasteiger partial charge in [0.25, 0.3) is 0 Å². The molecule has 0 unspecified atom stereocenters. The summed E-state index contributed by atoms with van der Waals surface area (Å²) in [7, 11) is 0. The summed E-state index contributed by atoms with van der Waals surface area (Å²) in [5, 5.41) is 0. The fourth-order valence-corrected chi connectivity index (χ4v) is 2.08. The normalized spacial score (nSPS) is 10.3. The second kappa shape index (κ2) is 19.3. The average molecular weight is 259 g/mol. The molecule has 112 valence electrons. The molecule has 0 atom stereocenters. The van der Waals surface area contributed by atoms with Crippen LogP contribution in [0.2, 0.25) is 0 Å². The first-order valence-electron chi connectivity index (χ1n) is 7.69. The van der Waals surface area contributed by atoms with Gasteiger partial charge in [-0.2, -0.15) is 0 Å². The average Bonchev–Trinajstić information content (AvgIpc) is 2.35. The maximum atomic E-state index is 5.46. The van der Waals surface area contributed by atoms with Crippen molar-refractivity contribution in [1.82, 2.24) is 0 Å². The zero-order valence-electron chi connectivity index (χ0n) is 11.9. The van der Waals surface area contributed by atoms with E-state index in [1.165, 1.54) is 70.6 Å². The lowest BCUT2D eigenvalue weighted by Crippen LogP contribution is -1.97. The topological polar surface area (TPSA) is 35.2 Å². The van der Waals surface area contributed by atoms with E-state index in [0.717, 1.165) is 19.8 Å². The van der Waals surface area contributed by atoms with Crippen LogP contribution in [-0.2, 0) is 4.74 Å². The van der Waals surface area contributed by atoms with Crippen molar-refractivity contribution in [2.24, 2.45) is 5.73 Å². The summed E-state index contributed by atoms with van der Waals surface area (Å²) < 4.78 is 5.32. The van der Waals surface area contributed by atoms with Gasteiger partial charge >= 0.3 is 0 Å². The Morgan fingerprint density at radius 3 is 1.44 bits per heavy atom. The maximum absolute atomic E-state index is 5.46. The Kier molecular flexibility index (Phi) is 21.7. The highest BCUT2D eigenvalue weighted by molar-refractivity contribution is 4.48. The summed E-state index contributed by atoms with van der Waals surface area (Å²) in [5.74, 6) is 0. The summed E-state index contributed by atoms with van der Waals surface area (Å²) >= 11 is 0. The standard InChI is InChI=1S/C15H33NO.CH4/c1-2-17-15-13-11-9-7-5-3-4-6-8-10-12-14-16;/h2-16H2,1H3;1H4. The van der Waals surface area contributed by atoms with Gasteiger partial charge in [-0.15, -0.1) is 0 Å². The van der Waals surface area contributed by atoms with E-state index in [1.54, 1.807) is 0 Å². The highest BCUT2D eigenvalue weighted by Gasteiger charge is 1.93. The molecule has 0 saturated carbocycles. The summed E-state index contributed by atoms with van der Waals surface area (Å²) in [6.45, 7) is 4.75. The van der Waals surface area contributed by atoms with E-state index in [1.807, 2.05) is 0 Å². The quantitative estimate of drug-likeness (QED) is 0.450. The van der Waals surface area contributed by atoms with Crippen molar-refractivity contribution >= 4 is 0 Å². The molecule has 0 aromatic heterocycles. The number of ether oxygens (including phenoxy) is 1. The largest absolute Gasteiger partial charge is 0.382 e. The lowest BCUT2D eigenvalue weighted by Gasteiger charge is -2.03. The van der Waals surface area contributed by atoms with E-state index in [4.69, 9.17) is 10.5 Å². The van der Waals surface area contributed by atoms with Gasteiger partial charge in [-0.05, 0) is 26.3 Å². The van der Waals surface area contributed by atoms with Crippen LogP contribution in [0.4, 0.5) is 0 Å². The molecule has 0 bridgehead atoms. The number of nitrogens with two attached hydrogens (primary N) is 1. The molecule has 0 saturated heterocycles. The zero-order valence-corrected chi connectivity index (χ0v) is 11.9. The number of hydrogen-bond donors (Lipinski definition) is 1. The molecule has 0 aromatic carbocycles. The molecule has 18 heavy (non-hydrogen) atoms. The molecule has 0 aliphatic carbocycles. The van der Waals surface area contributed by atoms with Gasteiger partial charge in [0.1, 0.15) is 0 Å². The molecule has 2 N–H and O–H groups in total. The van der Waals surface area contributed by atoms with Crippen molar-refractivity contribution in [3.05, 3.63) is 0 Å². The number of unbranched alkanes of at least 4 members (excludes halogenated alkanes) is 10. The molecular formula is C16H37NO. The van der Waals surface area contributed by atoms with Crippen LogP contribution in [-0.4, -0.2) is 19.8 Å². The van der Waals surface area contributed by atoms with Crippen LogP contribution in [0, 0.1) is 0 Å². The molecule has 0 spiro atoms. The molecular weight excluding hydrogens is 222 g/mol. The smallest absolute Gasteiger partial charge is 0.0465 e. The second-order valence-corrected chi connectivity index (χ2v) is 4.87. The van der Waals surface area contributed by atoms with Crippen LogP contribution in [0.1, 0.15) is 85.0 Å². The molecule has 0 amide bonds. The lowest BCUT2D eigenvalue weighted by atomic mass is 10.1. The summed E-state index contributed by atoms with van der Waals surface area (Å²) in [6.07, 6.45) is 15.0. The van der Waals surface area contributed by atoms with E-state index in [0.29, 0.717) is 0 Å². The zero-order chi connectivity index (χ0) is 12.6. The summed E-state index contributed by atoms with van der Waals surface area (Å²) in [5.41, 5.74) is 5.46. The van der Waals surface area contributed by atoms with Gasteiger partial charge in [-0.25, -0.2) is 0 Å². The van der Waals surface area contributed by atoms with Crippen LogP contribution in [0.15, 0.2) is 0 Å². The number of hydrogen-bond acceptors (Lipinski definition) is 2. The summed E-state index contributed by atoms with van der Waals surface area (Å²) in [4.78, 5) is 0. The van der Waals surface area contributed by atoms with Crippen molar-refractivity contribution in [3.8, 4) is 0 Å². The van der Waals surface area contributed by atoms with E-state index in [9.17, 15) is 0 Å². The Hall–Kier alpha value is -0.0800. The second-order valence-electron chi connectivity index (χ2n) is 4.87. The number of rotatable bonds is 14. The highest BCUT2D eigenvalue weighted by Crippen LogP contribution is 2.11.